The molecule has 1 heterocycles. The van der Waals surface area contributed by atoms with Crippen molar-refractivity contribution in [3.8, 4) is 0 Å². The lowest BCUT2D eigenvalue weighted by Crippen LogP contribution is -2.38. The molecule has 0 bridgehead atoms. The minimum Gasteiger partial charge on any atom is -0.357 e. The van der Waals surface area contributed by atoms with Gasteiger partial charge in [0.2, 0.25) is 0 Å². The van der Waals surface area contributed by atoms with Crippen molar-refractivity contribution in [2.75, 3.05) is 13.1 Å². The third-order valence-electron chi connectivity index (χ3n) is 4.28. The molecule has 1 atom stereocenters. The molecule has 1 amide bonds. The van der Waals surface area contributed by atoms with Crippen LogP contribution in [0, 0.1) is 6.92 Å². The summed E-state index contributed by atoms with van der Waals surface area (Å²) >= 11 is 1.67. The molecule has 3 N–H and O–H groups in total. The number of hydrogen-bond donors (Lipinski definition) is 3. The van der Waals surface area contributed by atoms with Gasteiger partial charge in [-0.1, -0.05) is 19.1 Å². The van der Waals surface area contributed by atoms with Crippen molar-refractivity contribution >= 4 is 23.2 Å². The smallest absolute Gasteiger partial charge is 0.251 e. The lowest BCUT2D eigenvalue weighted by atomic mass is 10.1. The van der Waals surface area contributed by atoms with E-state index < -0.39 is 0 Å². The molecule has 1 aromatic carbocycles. The first-order chi connectivity index (χ1) is 13.5. The molecule has 0 saturated carbocycles. The molecule has 0 fully saturated rings. The number of aromatic nitrogens is 1. The third kappa shape index (κ3) is 7.31. The zero-order valence-corrected chi connectivity index (χ0v) is 18.0. The average molecular weight is 402 g/mol. The molecule has 28 heavy (non-hydrogen) atoms. The Morgan fingerprint density at radius 2 is 2.11 bits per heavy atom. The zero-order chi connectivity index (χ0) is 20.4. The molecule has 2 rings (SSSR count). The number of thiazole rings is 1. The highest BCUT2D eigenvalue weighted by Gasteiger charge is 2.09. The molecule has 2 aromatic rings. The minimum absolute atomic E-state index is 0.0382. The number of carbonyl (C=O) groups excluding carboxylic acids is 1. The third-order valence-corrected chi connectivity index (χ3v) is 5.11. The molecule has 0 spiro atoms. The van der Waals surface area contributed by atoms with Crippen molar-refractivity contribution < 1.29 is 4.79 Å². The van der Waals surface area contributed by atoms with Crippen molar-refractivity contribution in [2.24, 2.45) is 4.99 Å². The van der Waals surface area contributed by atoms with Gasteiger partial charge in [0.15, 0.2) is 5.96 Å². The van der Waals surface area contributed by atoms with Gasteiger partial charge in [-0.05, 0) is 44.9 Å². The molecule has 0 aliphatic rings. The van der Waals surface area contributed by atoms with Crippen LogP contribution in [0.3, 0.4) is 0 Å². The lowest BCUT2D eigenvalue weighted by molar-refractivity contribution is 0.0939. The second-order valence-corrected chi connectivity index (χ2v) is 7.78. The van der Waals surface area contributed by atoms with E-state index in [1.165, 1.54) is 0 Å². The van der Waals surface area contributed by atoms with E-state index in [0.29, 0.717) is 12.1 Å². The van der Waals surface area contributed by atoms with Gasteiger partial charge in [-0.2, -0.15) is 0 Å². The van der Waals surface area contributed by atoms with E-state index in [2.05, 4.69) is 38.2 Å². The quantitative estimate of drug-likeness (QED) is 0.445. The Kier molecular flexibility index (Phi) is 8.94. The predicted octanol–water partition coefficient (Wildman–Crippen LogP) is 3.28. The number of rotatable bonds is 9. The topological polar surface area (TPSA) is 78.4 Å². The van der Waals surface area contributed by atoms with Gasteiger partial charge in [-0.3, -0.25) is 4.79 Å². The summed E-state index contributed by atoms with van der Waals surface area (Å²) in [5.41, 5.74) is 2.78. The number of benzene rings is 1. The van der Waals surface area contributed by atoms with Crippen molar-refractivity contribution in [3.63, 3.8) is 0 Å². The van der Waals surface area contributed by atoms with E-state index in [-0.39, 0.29) is 11.9 Å². The number of nitrogens with one attached hydrogen (secondary N) is 3. The van der Waals surface area contributed by atoms with Crippen LogP contribution >= 0.6 is 11.3 Å². The van der Waals surface area contributed by atoms with Crippen molar-refractivity contribution in [1.82, 2.24) is 20.9 Å². The van der Waals surface area contributed by atoms with Crippen molar-refractivity contribution in [1.29, 1.82) is 0 Å². The molecular weight excluding hydrogens is 370 g/mol. The molecule has 7 heteroatoms. The first kappa shape index (κ1) is 21.9. The molecular formula is C21H31N5OS. The largest absolute Gasteiger partial charge is 0.357 e. The van der Waals surface area contributed by atoms with E-state index in [0.717, 1.165) is 48.2 Å². The SMILES string of the molecule is CCNC(=NCc1cccc(C(=O)NC(C)CC)c1)NCCc1csc(C)n1. The number of carbonyl (C=O) groups is 1. The standard InChI is InChI=1S/C21H31N5OS/c1-5-15(3)25-20(27)18-9-7-8-17(12-18)13-24-21(22-6-2)23-11-10-19-14-28-16(4)26-19/h7-9,12,14-15H,5-6,10-11,13H2,1-4H3,(H,25,27)(H2,22,23,24). The predicted molar refractivity (Wildman–Crippen MR) is 117 cm³/mol. The molecule has 1 unspecified atom stereocenters. The van der Waals surface area contributed by atoms with Crippen LogP contribution in [0.5, 0.6) is 0 Å². The number of hydrogen-bond acceptors (Lipinski definition) is 4. The molecule has 152 valence electrons. The van der Waals surface area contributed by atoms with Crippen LogP contribution < -0.4 is 16.0 Å². The summed E-state index contributed by atoms with van der Waals surface area (Å²) in [5.74, 6) is 0.729. The van der Waals surface area contributed by atoms with E-state index in [1.54, 1.807) is 11.3 Å². The summed E-state index contributed by atoms with van der Waals surface area (Å²) in [6.07, 6.45) is 1.77. The highest BCUT2D eigenvalue weighted by Crippen LogP contribution is 2.09. The Morgan fingerprint density at radius 1 is 1.29 bits per heavy atom. The molecule has 6 nitrogen and oxygen atoms in total. The second kappa shape index (κ2) is 11.4. The number of amides is 1. The molecule has 0 radical (unpaired) electrons. The zero-order valence-electron chi connectivity index (χ0n) is 17.2. The summed E-state index contributed by atoms with van der Waals surface area (Å²) in [4.78, 5) is 21.4. The highest BCUT2D eigenvalue weighted by atomic mass is 32.1. The second-order valence-electron chi connectivity index (χ2n) is 6.71. The summed E-state index contributed by atoms with van der Waals surface area (Å²) in [7, 11) is 0. The van der Waals surface area contributed by atoms with E-state index >= 15 is 0 Å². The van der Waals surface area contributed by atoms with Crippen LogP contribution in [0.25, 0.3) is 0 Å². The van der Waals surface area contributed by atoms with E-state index in [1.807, 2.05) is 45.0 Å². The van der Waals surface area contributed by atoms with E-state index in [9.17, 15) is 4.79 Å². The molecule has 1 aromatic heterocycles. The molecule has 0 aliphatic heterocycles. The fraction of sp³-hybridized carbons (Fsp3) is 0.476. The maximum Gasteiger partial charge on any atom is 0.251 e. The van der Waals surface area contributed by atoms with Gasteiger partial charge in [-0.15, -0.1) is 11.3 Å². The summed E-state index contributed by atoms with van der Waals surface area (Å²) < 4.78 is 0. The fourth-order valence-corrected chi connectivity index (χ4v) is 3.21. The fourth-order valence-electron chi connectivity index (χ4n) is 2.56. The van der Waals surface area contributed by atoms with Crippen molar-refractivity contribution in [2.45, 2.75) is 53.1 Å². The first-order valence-electron chi connectivity index (χ1n) is 9.84. The van der Waals surface area contributed by atoms with Gasteiger partial charge < -0.3 is 16.0 Å². The van der Waals surface area contributed by atoms with Crippen LogP contribution in [0.15, 0.2) is 34.6 Å². The van der Waals surface area contributed by atoms with Gasteiger partial charge >= 0.3 is 0 Å². The number of aliphatic imine (C=N–C) groups is 1. The average Bonchev–Trinajstić information content (AvgIpc) is 3.11. The van der Waals surface area contributed by atoms with Crippen LogP contribution in [0.4, 0.5) is 0 Å². The number of guanidine groups is 1. The summed E-state index contributed by atoms with van der Waals surface area (Å²) in [6, 6.07) is 7.81. The summed E-state index contributed by atoms with van der Waals surface area (Å²) in [6.45, 7) is 10.2. The molecule has 0 aliphatic carbocycles. The minimum atomic E-state index is -0.0382. The number of aryl methyl sites for hydroxylation is 1. The van der Waals surface area contributed by atoms with Gasteiger partial charge in [0, 0.05) is 36.5 Å². The normalized spacial score (nSPS) is 12.5. The van der Waals surface area contributed by atoms with Gasteiger partial charge in [0.25, 0.3) is 5.91 Å². The van der Waals surface area contributed by atoms with Crippen molar-refractivity contribution in [3.05, 3.63) is 51.5 Å². The van der Waals surface area contributed by atoms with Crippen LogP contribution in [0.2, 0.25) is 0 Å². The Balaban J connectivity index is 1.93. The summed E-state index contributed by atoms with van der Waals surface area (Å²) in [5, 5.41) is 12.8. The van der Waals surface area contributed by atoms with Gasteiger partial charge in [0.05, 0.1) is 17.2 Å². The maximum absolute atomic E-state index is 12.3. The number of nitrogens with zero attached hydrogens (tertiary/aromatic N) is 2. The first-order valence-corrected chi connectivity index (χ1v) is 10.7. The Bertz CT molecular complexity index is 787. The van der Waals surface area contributed by atoms with Crippen LogP contribution in [-0.4, -0.2) is 36.0 Å². The Hall–Kier alpha value is -2.41. The highest BCUT2D eigenvalue weighted by molar-refractivity contribution is 7.09. The monoisotopic (exact) mass is 401 g/mol. The van der Waals surface area contributed by atoms with E-state index in [4.69, 9.17) is 0 Å². The Morgan fingerprint density at radius 3 is 2.79 bits per heavy atom. The maximum atomic E-state index is 12.3. The lowest BCUT2D eigenvalue weighted by Gasteiger charge is -2.12. The molecule has 0 saturated heterocycles. The van der Waals surface area contributed by atoms with Crippen LogP contribution in [0.1, 0.15) is 53.8 Å². The Labute approximate surface area is 171 Å². The van der Waals surface area contributed by atoms with Gasteiger partial charge in [0.1, 0.15) is 0 Å². The van der Waals surface area contributed by atoms with Gasteiger partial charge in [-0.25, -0.2) is 9.98 Å². The van der Waals surface area contributed by atoms with Crippen LogP contribution in [-0.2, 0) is 13.0 Å².